The second kappa shape index (κ2) is 15.6. The number of urea groups is 1. The Bertz CT molecular complexity index is 1420. The first-order chi connectivity index (χ1) is 20.4. The van der Waals surface area contributed by atoms with Gasteiger partial charge in [-0.1, -0.05) is 48.5 Å². The number of hydrogen-bond donors (Lipinski definition) is 5. The molecule has 2 amide bonds. The number of carbonyl (C=O) groups excluding carboxylic acids is 1. The summed E-state index contributed by atoms with van der Waals surface area (Å²) in [6.45, 7) is 1.92. The Balaban J connectivity index is 1.15. The van der Waals surface area contributed by atoms with Gasteiger partial charge in [-0.15, -0.1) is 0 Å². The number of aliphatic hydroxyl groups is 2. The summed E-state index contributed by atoms with van der Waals surface area (Å²) in [5.41, 5.74) is 10.1. The van der Waals surface area contributed by atoms with Crippen molar-refractivity contribution >= 4 is 17.4 Å². The molecular weight excluding hydrogens is 534 g/mol. The zero-order valence-electron chi connectivity index (χ0n) is 23.4. The van der Waals surface area contributed by atoms with Gasteiger partial charge >= 0.3 is 6.03 Å². The number of aliphatic hydroxyl groups excluding tert-OH is 2. The molecule has 0 aliphatic rings. The fraction of sp³-hybridized carbons (Fsp3) is 0.242. The van der Waals surface area contributed by atoms with E-state index in [1.165, 1.54) is 11.0 Å². The highest BCUT2D eigenvalue weighted by Crippen LogP contribution is 2.26. The number of hydrogen-bond acceptors (Lipinski definition) is 7. The Hall–Kier alpha value is -4.41. The molecule has 0 bridgehead atoms. The number of nitrogens with two attached hydrogens (primary N) is 1. The first kappa shape index (κ1) is 30.5. The van der Waals surface area contributed by atoms with Crippen LogP contribution in [0, 0.1) is 0 Å². The summed E-state index contributed by atoms with van der Waals surface area (Å²) in [6.07, 6.45) is 0.0429. The molecule has 0 fully saturated rings. The van der Waals surface area contributed by atoms with E-state index in [1.54, 1.807) is 12.1 Å². The lowest BCUT2D eigenvalue weighted by Gasteiger charge is -2.21. The fourth-order valence-electron chi connectivity index (χ4n) is 4.46. The average Bonchev–Trinajstić information content (AvgIpc) is 3.00. The first-order valence-electron chi connectivity index (χ1n) is 13.8. The van der Waals surface area contributed by atoms with Gasteiger partial charge in [0.1, 0.15) is 18.1 Å². The summed E-state index contributed by atoms with van der Waals surface area (Å²) in [5.74, 6) is 0.765. The van der Waals surface area contributed by atoms with E-state index in [0.29, 0.717) is 55.4 Å². The van der Waals surface area contributed by atoms with Gasteiger partial charge in [0, 0.05) is 12.1 Å². The topological polar surface area (TPSA) is 138 Å². The summed E-state index contributed by atoms with van der Waals surface area (Å²) >= 11 is 0. The first-order valence-corrected chi connectivity index (χ1v) is 13.8. The molecule has 9 nitrogen and oxygen atoms in total. The van der Waals surface area contributed by atoms with Gasteiger partial charge in [-0.2, -0.15) is 0 Å². The predicted octanol–water partition coefficient (Wildman–Crippen LogP) is 4.56. The molecular formula is C33H37N3O6. The largest absolute Gasteiger partial charge is 0.508 e. The monoisotopic (exact) mass is 571 g/mol. The van der Waals surface area contributed by atoms with E-state index in [-0.39, 0.29) is 12.4 Å². The van der Waals surface area contributed by atoms with E-state index in [2.05, 4.69) is 5.32 Å². The number of nitrogens with one attached hydrogen (secondary N) is 1. The lowest BCUT2D eigenvalue weighted by atomic mass is 10.1. The van der Waals surface area contributed by atoms with Gasteiger partial charge < -0.3 is 35.8 Å². The highest BCUT2D eigenvalue weighted by atomic mass is 16.5. The Labute approximate surface area is 245 Å². The molecule has 0 saturated heterocycles. The van der Waals surface area contributed by atoms with Crippen molar-refractivity contribution in [1.29, 1.82) is 0 Å². The predicted molar refractivity (Wildman–Crippen MR) is 162 cm³/mol. The zero-order valence-corrected chi connectivity index (χ0v) is 23.4. The van der Waals surface area contributed by atoms with Crippen LogP contribution in [-0.4, -0.2) is 47.7 Å². The maximum atomic E-state index is 12.1. The van der Waals surface area contributed by atoms with Crippen LogP contribution in [0.3, 0.4) is 0 Å². The maximum Gasteiger partial charge on any atom is 0.323 e. The summed E-state index contributed by atoms with van der Waals surface area (Å²) in [7, 11) is 0. The van der Waals surface area contributed by atoms with Crippen molar-refractivity contribution in [3.8, 4) is 11.5 Å². The summed E-state index contributed by atoms with van der Waals surface area (Å²) in [4.78, 5) is 13.6. The minimum absolute atomic E-state index is 0.0151. The number of nitrogens with zero attached hydrogens (tertiary/aromatic N) is 1. The number of primary amides is 1. The number of aromatic hydroxyl groups is 1. The molecule has 9 heteroatoms. The van der Waals surface area contributed by atoms with Crippen LogP contribution in [0.25, 0.3) is 0 Å². The standard InChI is InChI=1S/C33H37N3O6/c34-33(40)36(28-6-2-1-3-7-28)29-8-4-5-25(19-29)23-41-17-18-42-30-12-9-24(10-13-30)15-16-35-21-32(39)26-11-14-31(38)27(20-26)22-37/h1-14,19-20,32,35,37-39H,15-18,21-23H2,(H2,34,40)/t32-/m0/s1. The van der Waals surface area contributed by atoms with Gasteiger partial charge in [-0.05, 0) is 78.2 Å². The van der Waals surface area contributed by atoms with Gasteiger partial charge in [-0.3, -0.25) is 4.90 Å². The molecule has 0 saturated carbocycles. The van der Waals surface area contributed by atoms with Crippen molar-refractivity contribution in [1.82, 2.24) is 5.32 Å². The van der Waals surface area contributed by atoms with E-state index in [4.69, 9.17) is 15.2 Å². The number of rotatable bonds is 15. The molecule has 0 aliphatic carbocycles. The van der Waals surface area contributed by atoms with Crippen LogP contribution in [0.2, 0.25) is 0 Å². The van der Waals surface area contributed by atoms with Crippen molar-refractivity contribution in [3.63, 3.8) is 0 Å². The lowest BCUT2D eigenvalue weighted by molar-refractivity contribution is 0.0889. The number of benzene rings is 4. The molecule has 6 N–H and O–H groups in total. The van der Waals surface area contributed by atoms with Crippen molar-refractivity contribution in [3.05, 3.63) is 119 Å². The molecule has 4 aromatic rings. The Morgan fingerprint density at radius 3 is 2.38 bits per heavy atom. The summed E-state index contributed by atoms with van der Waals surface area (Å²) in [5, 5.41) is 32.6. The van der Waals surface area contributed by atoms with E-state index in [9.17, 15) is 20.1 Å². The molecule has 0 heterocycles. The minimum Gasteiger partial charge on any atom is -0.508 e. The van der Waals surface area contributed by atoms with Crippen LogP contribution in [0.15, 0.2) is 97.1 Å². The highest BCUT2D eigenvalue weighted by molar-refractivity contribution is 5.98. The molecule has 0 radical (unpaired) electrons. The molecule has 0 unspecified atom stereocenters. The molecule has 220 valence electrons. The van der Waals surface area contributed by atoms with Crippen LogP contribution >= 0.6 is 0 Å². The summed E-state index contributed by atoms with van der Waals surface area (Å²) in [6, 6.07) is 28.8. The third-order valence-electron chi connectivity index (χ3n) is 6.68. The molecule has 4 rings (SSSR count). The Morgan fingerprint density at radius 2 is 1.64 bits per heavy atom. The second-order valence-corrected chi connectivity index (χ2v) is 9.74. The molecule has 1 atom stereocenters. The van der Waals surface area contributed by atoms with Crippen LogP contribution in [0.4, 0.5) is 16.2 Å². The van der Waals surface area contributed by atoms with E-state index >= 15 is 0 Å². The van der Waals surface area contributed by atoms with Crippen LogP contribution in [0.5, 0.6) is 11.5 Å². The number of anilines is 2. The Kier molecular flexibility index (Phi) is 11.3. The maximum absolute atomic E-state index is 12.1. The van der Waals surface area contributed by atoms with Crippen molar-refractivity contribution in [2.24, 2.45) is 5.73 Å². The normalized spacial score (nSPS) is 11.7. The van der Waals surface area contributed by atoms with Gasteiger partial charge in [0.2, 0.25) is 0 Å². The smallest absolute Gasteiger partial charge is 0.323 e. The molecule has 0 aromatic heterocycles. The quantitative estimate of drug-likeness (QED) is 0.132. The van der Waals surface area contributed by atoms with E-state index in [0.717, 1.165) is 23.3 Å². The average molecular weight is 572 g/mol. The third-order valence-corrected chi connectivity index (χ3v) is 6.68. The van der Waals surface area contributed by atoms with Gasteiger partial charge in [-0.25, -0.2) is 4.79 Å². The number of amides is 2. The number of phenols is 1. The molecule has 4 aromatic carbocycles. The highest BCUT2D eigenvalue weighted by Gasteiger charge is 2.15. The summed E-state index contributed by atoms with van der Waals surface area (Å²) < 4.78 is 11.6. The fourth-order valence-corrected chi connectivity index (χ4v) is 4.46. The van der Waals surface area contributed by atoms with Crippen molar-refractivity contribution in [2.75, 3.05) is 31.2 Å². The molecule has 42 heavy (non-hydrogen) atoms. The van der Waals surface area contributed by atoms with Crippen LogP contribution < -0.4 is 20.7 Å². The van der Waals surface area contributed by atoms with Crippen molar-refractivity contribution < 1.29 is 29.6 Å². The van der Waals surface area contributed by atoms with Crippen molar-refractivity contribution in [2.45, 2.75) is 25.7 Å². The van der Waals surface area contributed by atoms with E-state index in [1.807, 2.05) is 78.9 Å². The molecule has 0 spiro atoms. The number of carbonyl (C=O) groups is 1. The third kappa shape index (κ3) is 8.79. The number of para-hydroxylation sites is 1. The minimum atomic E-state index is -0.739. The zero-order chi connectivity index (χ0) is 29.7. The van der Waals surface area contributed by atoms with E-state index < -0.39 is 12.1 Å². The molecule has 0 aliphatic heterocycles. The van der Waals surface area contributed by atoms with Crippen LogP contribution in [-0.2, 0) is 24.4 Å². The van der Waals surface area contributed by atoms with Gasteiger partial charge in [0.05, 0.1) is 37.3 Å². The SMILES string of the molecule is NC(=O)N(c1ccccc1)c1cccc(COCCOc2ccc(CCNC[C@H](O)c3ccc(O)c(CO)c3)cc2)c1. The Morgan fingerprint density at radius 1 is 0.881 bits per heavy atom. The number of ether oxygens (including phenoxy) is 2. The van der Waals surface area contributed by atoms with Gasteiger partial charge in [0.25, 0.3) is 0 Å². The second-order valence-electron chi connectivity index (χ2n) is 9.74. The van der Waals surface area contributed by atoms with Crippen LogP contribution in [0.1, 0.15) is 28.4 Å². The van der Waals surface area contributed by atoms with Gasteiger partial charge in [0.15, 0.2) is 0 Å². The lowest BCUT2D eigenvalue weighted by Crippen LogP contribution is -2.31.